The van der Waals surface area contributed by atoms with Gasteiger partial charge in [-0.15, -0.1) is 6.58 Å². The van der Waals surface area contributed by atoms with Crippen molar-refractivity contribution in [2.75, 3.05) is 7.11 Å². The molecule has 2 rings (SSSR count). The minimum Gasteiger partial charge on any atom is -0.466 e. The van der Waals surface area contributed by atoms with E-state index in [1.807, 2.05) is 26.0 Å². The van der Waals surface area contributed by atoms with Crippen molar-refractivity contribution in [2.45, 2.75) is 25.9 Å². The second-order valence-electron chi connectivity index (χ2n) is 5.94. The highest BCUT2D eigenvalue weighted by Gasteiger charge is 2.44. The molecule has 0 spiro atoms. The molecule has 0 bridgehead atoms. The van der Waals surface area contributed by atoms with E-state index in [0.717, 1.165) is 11.1 Å². The molecule has 0 heterocycles. The molecule has 130 valence electrons. The summed E-state index contributed by atoms with van der Waals surface area (Å²) in [5.74, 6) is -1.22. The lowest BCUT2D eigenvalue weighted by Gasteiger charge is -2.30. The Bertz CT molecular complexity index is 759. The third-order valence-electron chi connectivity index (χ3n) is 3.91. The van der Waals surface area contributed by atoms with Gasteiger partial charge in [-0.25, -0.2) is 9.59 Å². The number of aryl methyl sites for hydroxylation is 2. The number of benzene rings is 2. The fraction of sp³-hybridized carbons (Fsp3) is 0.238. The van der Waals surface area contributed by atoms with Crippen LogP contribution in [0.1, 0.15) is 33.5 Å². The molecule has 1 atom stereocenters. The average molecular weight is 338 g/mol. The molecule has 4 heteroatoms. The zero-order valence-corrected chi connectivity index (χ0v) is 14.7. The molecule has 2 aromatic carbocycles. The van der Waals surface area contributed by atoms with Crippen LogP contribution in [-0.2, 0) is 19.9 Å². The van der Waals surface area contributed by atoms with E-state index in [9.17, 15) is 9.59 Å². The smallest absolute Gasteiger partial charge is 0.355 e. The number of rotatable bonds is 6. The van der Waals surface area contributed by atoms with Gasteiger partial charge in [0, 0.05) is 12.0 Å². The fourth-order valence-corrected chi connectivity index (χ4v) is 2.85. The molecule has 0 saturated carbocycles. The molecular weight excluding hydrogens is 316 g/mol. The molecule has 0 aliphatic rings. The van der Waals surface area contributed by atoms with Crippen molar-refractivity contribution in [1.82, 2.24) is 0 Å². The van der Waals surface area contributed by atoms with E-state index in [0.29, 0.717) is 11.1 Å². The van der Waals surface area contributed by atoms with Crippen molar-refractivity contribution in [2.24, 2.45) is 0 Å². The van der Waals surface area contributed by atoms with Gasteiger partial charge in [0.2, 0.25) is 5.60 Å². The maximum absolute atomic E-state index is 12.8. The molecular formula is C21H22O4. The Labute approximate surface area is 148 Å². The number of ether oxygens (including phenoxy) is 2. The summed E-state index contributed by atoms with van der Waals surface area (Å²) >= 11 is 0. The van der Waals surface area contributed by atoms with Gasteiger partial charge in [0.25, 0.3) is 0 Å². The lowest BCUT2D eigenvalue weighted by atomic mass is 9.90. The molecule has 0 radical (unpaired) electrons. The third-order valence-corrected chi connectivity index (χ3v) is 3.91. The first-order chi connectivity index (χ1) is 11.9. The zero-order valence-electron chi connectivity index (χ0n) is 14.7. The first kappa shape index (κ1) is 18.5. The molecule has 0 aliphatic heterocycles. The predicted molar refractivity (Wildman–Crippen MR) is 96.3 cm³/mol. The van der Waals surface area contributed by atoms with Gasteiger partial charge >= 0.3 is 11.9 Å². The van der Waals surface area contributed by atoms with Crippen LogP contribution >= 0.6 is 0 Å². The van der Waals surface area contributed by atoms with E-state index in [2.05, 4.69) is 6.58 Å². The van der Waals surface area contributed by atoms with Gasteiger partial charge in [-0.3, -0.25) is 0 Å². The number of carbonyl (C=O) groups excluding carboxylic acids is 2. The minimum atomic E-state index is -1.56. The standard InChI is InChI=1S/C21H22O4/c1-5-11-21(20(23)24-4,18-9-7-6-8-10-18)25-19(22)17-13-15(2)12-16(3)14-17/h5-10,12-14H,1,11H2,2-4H3. The van der Waals surface area contributed by atoms with Crippen LogP contribution in [0.3, 0.4) is 0 Å². The van der Waals surface area contributed by atoms with Crippen molar-refractivity contribution in [3.63, 3.8) is 0 Å². The van der Waals surface area contributed by atoms with Crippen LogP contribution in [0.4, 0.5) is 0 Å². The maximum atomic E-state index is 12.8. The Hall–Kier alpha value is -2.88. The quantitative estimate of drug-likeness (QED) is 0.588. The first-order valence-corrected chi connectivity index (χ1v) is 7.99. The van der Waals surface area contributed by atoms with Crippen molar-refractivity contribution < 1.29 is 19.1 Å². The molecule has 25 heavy (non-hydrogen) atoms. The Morgan fingerprint density at radius 3 is 2.20 bits per heavy atom. The van der Waals surface area contributed by atoms with E-state index < -0.39 is 17.5 Å². The number of hydrogen-bond donors (Lipinski definition) is 0. The number of esters is 2. The summed E-state index contributed by atoms with van der Waals surface area (Å²) in [7, 11) is 1.27. The molecule has 0 aliphatic carbocycles. The molecule has 1 unspecified atom stereocenters. The number of carbonyl (C=O) groups is 2. The Morgan fingerprint density at radius 1 is 1.08 bits per heavy atom. The van der Waals surface area contributed by atoms with E-state index in [1.54, 1.807) is 42.5 Å². The largest absolute Gasteiger partial charge is 0.466 e. The van der Waals surface area contributed by atoms with Crippen LogP contribution in [0.15, 0.2) is 61.2 Å². The molecule has 2 aromatic rings. The molecule has 0 aromatic heterocycles. The monoisotopic (exact) mass is 338 g/mol. The summed E-state index contributed by atoms with van der Waals surface area (Å²) in [5, 5.41) is 0. The van der Waals surface area contributed by atoms with Gasteiger partial charge in [0.05, 0.1) is 12.7 Å². The Morgan fingerprint density at radius 2 is 1.68 bits per heavy atom. The summed E-state index contributed by atoms with van der Waals surface area (Å²) < 4.78 is 10.7. The molecule has 0 fully saturated rings. The summed E-state index contributed by atoms with van der Waals surface area (Å²) in [6.07, 6.45) is 1.65. The zero-order chi connectivity index (χ0) is 18.4. The van der Waals surface area contributed by atoms with Crippen LogP contribution in [0.5, 0.6) is 0 Å². The highest BCUT2D eigenvalue weighted by atomic mass is 16.6. The van der Waals surface area contributed by atoms with E-state index in [-0.39, 0.29) is 6.42 Å². The number of hydrogen-bond acceptors (Lipinski definition) is 4. The molecule has 0 N–H and O–H groups in total. The van der Waals surface area contributed by atoms with Crippen LogP contribution in [0.2, 0.25) is 0 Å². The van der Waals surface area contributed by atoms with Crippen molar-refractivity contribution in [3.8, 4) is 0 Å². The number of methoxy groups -OCH3 is 1. The minimum absolute atomic E-state index is 0.111. The topological polar surface area (TPSA) is 52.6 Å². The first-order valence-electron chi connectivity index (χ1n) is 7.99. The fourth-order valence-electron chi connectivity index (χ4n) is 2.85. The van der Waals surface area contributed by atoms with Gasteiger partial charge in [-0.1, -0.05) is 53.6 Å². The molecule has 0 amide bonds. The van der Waals surface area contributed by atoms with Crippen LogP contribution in [0, 0.1) is 13.8 Å². The Kier molecular flexibility index (Phi) is 5.75. The van der Waals surface area contributed by atoms with Crippen molar-refractivity contribution >= 4 is 11.9 Å². The van der Waals surface area contributed by atoms with E-state index in [1.165, 1.54) is 7.11 Å². The predicted octanol–water partition coefficient (Wildman–Crippen LogP) is 4.10. The summed E-state index contributed by atoms with van der Waals surface area (Å²) in [6, 6.07) is 14.3. The van der Waals surface area contributed by atoms with Crippen molar-refractivity contribution in [1.29, 1.82) is 0 Å². The van der Waals surface area contributed by atoms with Gasteiger partial charge in [-0.05, 0) is 26.0 Å². The van der Waals surface area contributed by atoms with Crippen LogP contribution < -0.4 is 0 Å². The normalized spacial score (nSPS) is 12.8. The lowest BCUT2D eigenvalue weighted by molar-refractivity contribution is -0.164. The highest BCUT2D eigenvalue weighted by molar-refractivity contribution is 5.93. The second kappa shape index (κ2) is 7.79. The third kappa shape index (κ3) is 3.97. The highest BCUT2D eigenvalue weighted by Crippen LogP contribution is 2.33. The summed E-state index contributed by atoms with van der Waals surface area (Å²) in [6.45, 7) is 7.50. The SMILES string of the molecule is C=CCC(OC(=O)c1cc(C)cc(C)c1)(C(=O)OC)c1ccccc1. The van der Waals surface area contributed by atoms with E-state index in [4.69, 9.17) is 9.47 Å². The maximum Gasteiger partial charge on any atom is 0.355 e. The lowest BCUT2D eigenvalue weighted by Crippen LogP contribution is -2.41. The Balaban J connectivity index is 2.50. The molecule has 0 saturated heterocycles. The van der Waals surface area contributed by atoms with Gasteiger partial charge in [0.1, 0.15) is 0 Å². The van der Waals surface area contributed by atoms with Gasteiger partial charge in [-0.2, -0.15) is 0 Å². The summed E-state index contributed by atoms with van der Waals surface area (Å²) in [4.78, 5) is 25.3. The summed E-state index contributed by atoms with van der Waals surface area (Å²) in [5.41, 5.74) is 1.26. The van der Waals surface area contributed by atoms with Gasteiger partial charge < -0.3 is 9.47 Å². The average Bonchev–Trinajstić information content (AvgIpc) is 2.60. The molecule has 4 nitrogen and oxygen atoms in total. The van der Waals surface area contributed by atoms with Crippen LogP contribution in [-0.4, -0.2) is 19.0 Å². The van der Waals surface area contributed by atoms with Crippen molar-refractivity contribution in [3.05, 3.63) is 83.4 Å². The van der Waals surface area contributed by atoms with Gasteiger partial charge in [0.15, 0.2) is 0 Å². The van der Waals surface area contributed by atoms with E-state index >= 15 is 0 Å². The van der Waals surface area contributed by atoms with Crippen LogP contribution in [0.25, 0.3) is 0 Å². The second-order valence-corrected chi connectivity index (χ2v) is 5.94.